The number of carbonyl (C=O) groups excluding carboxylic acids is 1. The van der Waals surface area contributed by atoms with Gasteiger partial charge in [0.25, 0.3) is 5.91 Å². The molecule has 1 saturated carbocycles. The van der Waals surface area contributed by atoms with Crippen molar-refractivity contribution in [1.82, 2.24) is 15.1 Å². The summed E-state index contributed by atoms with van der Waals surface area (Å²) in [4.78, 5) is 12.6. The molecule has 2 aliphatic rings. The molecule has 0 atom stereocenters. The molecule has 1 aliphatic carbocycles. The number of carbonyl (C=O) groups is 1. The average Bonchev–Trinajstić information content (AvgIpc) is 3.28. The van der Waals surface area contributed by atoms with Crippen LogP contribution in [-0.4, -0.2) is 28.3 Å². The van der Waals surface area contributed by atoms with Gasteiger partial charge in [0.1, 0.15) is 5.82 Å². The molecule has 0 bridgehead atoms. The Balaban J connectivity index is 1.87. The molecule has 5 nitrogen and oxygen atoms in total. The van der Waals surface area contributed by atoms with Crippen molar-refractivity contribution in [3.05, 3.63) is 34.2 Å². The van der Waals surface area contributed by atoms with E-state index >= 15 is 0 Å². The summed E-state index contributed by atoms with van der Waals surface area (Å²) in [5.41, 5.74) is 2.18. The van der Waals surface area contributed by atoms with Crippen molar-refractivity contribution in [3.8, 4) is 17.0 Å². The summed E-state index contributed by atoms with van der Waals surface area (Å²) in [5.74, 6) is -0.249. The maximum atomic E-state index is 14.0. The Hall–Kier alpha value is -2.08. The Kier molecular flexibility index (Phi) is 3.72. The van der Waals surface area contributed by atoms with Gasteiger partial charge in [0.2, 0.25) is 5.88 Å². The van der Waals surface area contributed by atoms with Gasteiger partial charge in [-0.2, -0.15) is 5.10 Å². The predicted molar refractivity (Wildman–Crippen MR) is 88.0 cm³/mol. The number of aryl methyl sites for hydroxylation is 2. The SMILES string of the molecule is Cc1cc(Cl)c(F)cc1-c1c(C(=O)NC2CC2)nn2c1OCCC2. The molecule has 1 amide bonds. The van der Waals surface area contributed by atoms with E-state index in [4.69, 9.17) is 16.3 Å². The molecule has 2 aromatic rings. The Labute approximate surface area is 143 Å². The van der Waals surface area contributed by atoms with E-state index in [0.29, 0.717) is 30.2 Å². The van der Waals surface area contributed by atoms with Gasteiger partial charge in [-0.25, -0.2) is 9.07 Å². The fraction of sp³-hybridized carbons (Fsp3) is 0.412. The fourth-order valence-electron chi connectivity index (χ4n) is 2.93. The van der Waals surface area contributed by atoms with E-state index in [9.17, 15) is 9.18 Å². The normalized spacial score (nSPS) is 16.5. The van der Waals surface area contributed by atoms with Gasteiger partial charge >= 0.3 is 0 Å². The maximum absolute atomic E-state index is 14.0. The van der Waals surface area contributed by atoms with Crippen LogP contribution in [0.5, 0.6) is 5.88 Å². The second-order valence-electron chi connectivity index (χ2n) is 6.28. The van der Waals surface area contributed by atoms with Crippen LogP contribution in [0, 0.1) is 12.7 Å². The first-order valence-corrected chi connectivity index (χ1v) is 8.43. The molecule has 126 valence electrons. The lowest BCUT2D eigenvalue weighted by molar-refractivity contribution is 0.0945. The first-order valence-electron chi connectivity index (χ1n) is 8.05. The van der Waals surface area contributed by atoms with Crippen molar-refractivity contribution in [3.63, 3.8) is 0 Å². The number of hydrogen-bond acceptors (Lipinski definition) is 3. The van der Waals surface area contributed by atoms with E-state index in [2.05, 4.69) is 10.4 Å². The lowest BCUT2D eigenvalue weighted by Gasteiger charge is -2.17. The van der Waals surface area contributed by atoms with Crippen LogP contribution >= 0.6 is 11.6 Å². The fourth-order valence-corrected chi connectivity index (χ4v) is 3.14. The molecular formula is C17H17ClFN3O2. The molecule has 0 saturated heterocycles. The van der Waals surface area contributed by atoms with Crippen LogP contribution in [0.4, 0.5) is 4.39 Å². The smallest absolute Gasteiger partial charge is 0.272 e. The van der Waals surface area contributed by atoms with Crippen LogP contribution in [0.3, 0.4) is 0 Å². The average molecular weight is 350 g/mol. The second kappa shape index (κ2) is 5.77. The molecule has 1 N–H and O–H groups in total. The Morgan fingerprint density at radius 2 is 2.25 bits per heavy atom. The predicted octanol–water partition coefficient (Wildman–Crippen LogP) is 3.33. The molecule has 0 radical (unpaired) electrons. The third-order valence-electron chi connectivity index (χ3n) is 4.32. The third kappa shape index (κ3) is 2.65. The highest BCUT2D eigenvalue weighted by Gasteiger charge is 2.31. The zero-order valence-electron chi connectivity index (χ0n) is 13.2. The van der Waals surface area contributed by atoms with Gasteiger partial charge in [0.15, 0.2) is 5.69 Å². The minimum atomic E-state index is -0.526. The number of halogens is 2. The van der Waals surface area contributed by atoms with Gasteiger partial charge in [-0.05, 0) is 43.0 Å². The Morgan fingerprint density at radius 3 is 3.00 bits per heavy atom. The molecule has 7 heteroatoms. The number of ether oxygens (including phenoxy) is 1. The number of fused-ring (bicyclic) bond motifs is 1. The molecule has 1 aliphatic heterocycles. The van der Waals surface area contributed by atoms with Crippen molar-refractivity contribution < 1.29 is 13.9 Å². The van der Waals surface area contributed by atoms with Gasteiger partial charge in [0, 0.05) is 19.0 Å². The topological polar surface area (TPSA) is 56.2 Å². The molecule has 0 unspecified atom stereocenters. The van der Waals surface area contributed by atoms with Crippen LogP contribution in [0.25, 0.3) is 11.1 Å². The van der Waals surface area contributed by atoms with Crippen LogP contribution in [0.15, 0.2) is 12.1 Å². The van der Waals surface area contributed by atoms with Gasteiger partial charge in [-0.1, -0.05) is 11.6 Å². The van der Waals surface area contributed by atoms with E-state index in [1.165, 1.54) is 6.07 Å². The van der Waals surface area contributed by atoms with Crippen molar-refractivity contribution in [2.45, 2.75) is 38.8 Å². The van der Waals surface area contributed by atoms with Crippen molar-refractivity contribution in [2.24, 2.45) is 0 Å². The van der Waals surface area contributed by atoms with Gasteiger partial charge < -0.3 is 10.1 Å². The number of amides is 1. The summed E-state index contributed by atoms with van der Waals surface area (Å²) in [5, 5.41) is 7.43. The first-order chi connectivity index (χ1) is 11.5. The summed E-state index contributed by atoms with van der Waals surface area (Å²) >= 11 is 5.86. The van der Waals surface area contributed by atoms with Crippen molar-refractivity contribution in [1.29, 1.82) is 0 Å². The monoisotopic (exact) mass is 349 g/mol. The van der Waals surface area contributed by atoms with Crippen LogP contribution in [0.1, 0.15) is 35.3 Å². The highest BCUT2D eigenvalue weighted by atomic mass is 35.5. The standard InChI is InChI=1S/C17H17ClFN3O2/c1-9-7-12(18)13(19)8-11(9)14-15(16(23)20-10-3-4-10)21-22-5-2-6-24-17(14)22/h7-8,10H,2-6H2,1H3,(H,20,23). The van der Waals surface area contributed by atoms with E-state index in [0.717, 1.165) is 24.8 Å². The van der Waals surface area contributed by atoms with E-state index in [1.807, 2.05) is 6.92 Å². The Morgan fingerprint density at radius 1 is 1.46 bits per heavy atom. The van der Waals surface area contributed by atoms with Crippen LogP contribution < -0.4 is 10.1 Å². The molecular weight excluding hydrogens is 333 g/mol. The molecule has 0 spiro atoms. The molecule has 4 rings (SSSR count). The summed E-state index contributed by atoms with van der Waals surface area (Å²) in [7, 11) is 0. The zero-order valence-corrected chi connectivity index (χ0v) is 14.0. The summed E-state index contributed by atoms with van der Waals surface area (Å²) in [6.45, 7) is 3.06. The minimum absolute atomic E-state index is 0.0576. The van der Waals surface area contributed by atoms with Gasteiger partial charge in [-0.15, -0.1) is 0 Å². The number of aromatic nitrogens is 2. The Bertz CT molecular complexity index is 830. The molecule has 1 fully saturated rings. The first kappa shape index (κ1) is 15.4. The number of nitrogens with zero attached hydrogens (tertiary/aromatic N) is 2. The minimum Gasteiger partial charge on any atom is -0.477 e. The number of rotatable bonds is 3. The van der Waals surface area contributed by atoms with Crippen molar-refractivity contribution in [2.75, 3.05) is 6.61 Å². The molecule has 2 heterocycles. The maximum Gasteiger partial charge on any atom is 0.272 e. The largest absolute Gasteiger partial charge is 0.477 e. The van der Waals surface area contributed by atoms with Crippen LogP contribution in [0.2, 0.25) is 5.02 Å². The van der Waals surface area contributed by atoms with E-state index in [1.54, 1.807) is 10.7 Å². The van der Waals surface area contributed by atoms with Crippen molar-refractivity contribution >= 4 is 17.5 Å². The number of hydrogen-bond donors (Lipinski definition) is 1. The van der Waals surface area contributed by atoms with Gasteiger partial charge in [-0.3, -0.25) is 4.79 Å². The molecule has 1 aromatic carbocycles. The van der Waals surface area contributed by atoms with E-state index in [-0.39, 0.29) is 22.7 Å². The summed E-state index contributed by atoms with van der Waals surface area (Å²) in [6, 6.07) is 3.12. The highest BCUT2D eigenvalue weighted by Crippen LogP contribution is 2.39. The summed E-state index contributed by atoms with van der Waals surface area (Å²) < 4.78 is 21.5. The highest BCUT2D eigenvalue weighted by molar-refractivity contribution is 6.30. The lowest BCUT2D eigenvalue weighted by atomic mass is 9.99. The second-order valence-corrected chi connectivity index (χ2v) is 6.69. The van der Waals surface area contributed by atoms with E-state index < -0.39 is 5.82 Å². The summed E-state index contributed by atoms with van der Waals surface area (Å²) in [6.07, 6.45) is 2.80. The van der Waals surface area contributed by atoms with Crippen LogP contribution in [-0.2, 0) is 6.54 Å². The number of benzene rings is 1. The van der Waals surface area contributed by atoms with Gasteiger partial charge in [0.05, 0.1) is 17.2 Å². The quantitative estimate of drug-likeness (QED) is 0.924. The third-order valence-corrected chi connectivity index (χ3v) is 4.61. The zero-order chi connectivity index (χ0) is 16.8. The molecule has 24 heavy (non-hydrogen) atoms. The molecule has 1 aromatic heterocycles. The number of nitrogens with one attached hydrogen (secondary N) is 1. The lowest BCUT2D eigenvalue weighted by Crippen LogP contribution is -2.26.